The maximum Gasteiger partial charge on any atom is 0.251 e. The lowest BCUT2D eigenvalue weighted by atomic mass is 9.96. The third kappa shape index (κ3) is 7.22. The van der Waals surface area contributed by atoms with Crippen LogP contribution in [0.1, 0.15) is 31.2 Å². The number of hydrogen-bond donors (Lipinski definition) is 0. The van der Waals surface area contributed by atoms with E-state index in [-0.39, 0.29) is 35.6 Å². The highest BCUT2D eigenvalue weighted by molar-refractivity contribution is 7.89. The Morgan fingerprint density at radius 3 is 2.45 bits per heavy atom. The molecular formula is C26H39ClF2N4O4S. The van der Waals surface area contributed by atoms with Gasteiger partial charge < -0.3 is 14.5 Å². The molecule has 0 aromatic heterocycles. The number of aryl methyl sites for hydroxylation is 1. The van der Waals surface area contributed by atoms with Gasteiger partial charge in [0.05, 0.1) is 17.7 Å². The van der Waals surface area contributed by atoms with Crippen LogP contribution in [0.15, 0.2) is 23.1 Å². The highest BCUT2D eigenvalue weighted by Crippen LogP contribution is 2.37. The fourth-order valence-corrected chi connectivity index (χ4v) is 8.08. The van der Waals surface area contributed by atoms with E-state index >= 15 is 0 Å². The number of likely N-dealkylation sites (tertiary alicyclic amines) is 1. The van der Waals surface area contributed by atoms with Crippen molar-refractivity contribution in [1.29, 1.82) is 0 Å². The van der Waals surface area contributed by atoms with Crippen LogP contribution in [0.25, 0.3) is 0 Å². The Hall–Kier alpha value is -1.37. The summed E-state index contributed by atoms with van der Waals surface area (Å²) in [6.07, 6.45) is 1.16. The molecule has 3 fully saturated rings. The topological polar surface area (TPSA) is 73.4 Å². The molecule has 0 aliphatic carbocycles. The maximum absolute atomic E-state index is 14.3. The van der Waals surface area contributed by atoms with Gasteiger partial charge in [0.25, 0.3) is 5.92 Å². The molecule has 4 rings (SSSR count). The summed E-state index contributed by atoms with van der Waals surface area (Å²) in [5, 5.41) is 0.0483. The molecule has 38 heavy (non-hydrogen) atoms. The predicted molar refractivity (Wildman–Crippen MR) is 142 cm³/mol. The average Bonchev–Trinajstić information content (AvgIpc) is 2.85. The number of nitrogens with zero attached hydrogens (tertiary/aromatic N) is 4. The monoisotopic (exact) mass is 576 g/mol. The SMILES string of the molecule is Cc1cccc(Cl)c1S(=O)(=O)N1CCC(F)(F)C[C@H]1COCC(=O)N1CCN(CC2CCN(C)CC2)CC1. The number of hydrogen-bond acceptors (Lipinski definition) is 6. The molecule has 8 nitrogen and oxygen atoms in total. The van der Waals surface area contributed by atoms with Gasteiger partial charge in [0.2, 0.25) is 15.9 Å². The molecule has 1 aromatic rings. The van der Waals surface area contributed by atoms with Gasteiger partial charge in [-0.05, 0) is 57.5 Å². The number of alkyl halides is 2. The summed E-state index contributed by atoms with van der Waals surface area (Å²) in [7, 11) is -1.98. The van der Waals surface area contributed by atoms with E-state index in [0.717, 1.165) is 37.0 Å². The minimum Gasteiger partial charge on any atom is -0.370 e. The summed E-state index contributed by atoms with van der Waals surface area (Å²) in [5.74, 6) is -2.52. The lowest BCUT2D eigenvalue weighted by Gasteiger charge is -2.39. The molecule has 3 saturated heterocycles. The fourth-order valence-electron chi connectivity index (χ4n) is 5.69. The Balaban J connectivity index is 1.30. The summed E-state index contributed by atoms with van der Waals surface area (Å²) in [6, 6.07) is 3.63. The van der Waals surface area contributed by atoms with Crippen molar-refractivity contribution >= 4 is 27.5 Å². The normalized spacial score (nSPS) is 24.6. The van der Waals surface area contributed by atoms with Gasteiger partial charge in [0.15, 0.2) is 0 Å². The van der Waals surface area contributed by atoms with Gasteiger partial charge in [-0.3, -0.25) is 9.69 Å². The molecule has 3 heterocycles. The first-order valence-electron chi connectivity index (χ1n) is 13.4. The smallest absolute Gasteiger partial charge is 0.251 e. The van der Waals surface area contributed by atoms with Crippen LogP contribution in [0.4, 0.5) is 8.78 Å². The summed E-state index contributed by atoms with van der Waals surface area (Å²) < 4.78 is 62.1. The summed E-state index contributed by atoms with van der Waals surface area (Å²) in [6.45, 7) is 6.83. The number of carbonyl (C=O) groups is 1. The van der Waals surface area contributed by atoms with E-state index in [4.69, 9.17) is 16.3 Å². The Bertz CT molecular complexity index is 1060. The third-order valence-corrected chi connectivity index (χ3v) is 10.6. The van der Waals surface area contributed by atoms with Crippen LogP contribution in [0.2, 0.25) is 5.02 Å². The molecule has 0 unspecified atom stereocenters. The van der Waals surface area contributed by atoms with Crippen molar-refractivity contribution in [2.24, 2.45) is 5.92 Å². The van der Waals surface area contributed by atoms with Crippen LogP contribution in [0, 0.1) is 12.8 Å². The highest BCUT2D eigenvalue weighted by Gasteiger charge is 2.46. The van der Waals surface area contributed by atoms with Crippen LogP contribution in [-0.4, -0.2) is 118 Å². The Labute approximate surface area is 229 Å². The van der Waals surface area contributed by atoms with Gasteiger partial charge in [-0.2, -0.15) is 4.31 Å². The van der Waals surface area contributed by atoms with Crippen LogP contribution in [0.3, 0.4) is 0 Å². The van der Waals surface area contributed by atoms with Gasteiger partial charge in [-0.15, -0.1) is 0 Å². The Morgan fingerprint density at radius 1 is 1.11 bits per heavy atom. The molecule has 0 bridgehead atoms. The lowest BCUT2D eigenvalue weighted by Crippen LogP contribution is -2.53. The number of piperidine rings is 2. The molecule has 12 heteroatoms. The number of amides is 1. The number of halogens is 3. The van der Waals surface area contributed by atoms with Crippen molar-refractivity contribution in [3.8, 4) is 0 Å². The summed E-state index contributed by atoms with van der Waals surface area (Å²) >= 11 is 6.20. The fraction of sp³-hybridized carbons (Fsp3) is 0.731. The van der Waals surface area contributed by atoms with E-state index in [1.165, 1.54) is 18.9 Å². The first-order valence-corrected chi connectivity index (χ1v) is 15.2. The highest BCUT2D eigenvalue weighted by atomic mass is 35.5. The quantitative estimate of drug-likeness (QED) is 0.474. The second-order valence-electron chi connectivity index (χ2n) is 10.9. The zero-order valence-corrected chi connectivity index (χ0v) is 23.8. The zero-order valence-electron chi connectivity index (χ0n) is 22.3. The number of piperazine rings is 1. The average molecular weight is 577 g/mol. The van der Waals surface area contributed by atoms with Crippen LogP contribution in [0.5, 0.6) is 0 Å². The third-order valence-electron chi connectivity index (χ3n) is 7.99. The van der Waals surface area contributed by atoms with Crippen molar-refractivity contribution in [1.82, 2.24) is 19.0 Å². The van der Waals surface area contributed by atoms with Gasteiger partial charge in [0, 0.05) is 52.1 Å². The molecule has 3 aliphatic heterocycles. The van der Waals surface area contributed by atoms with E-state index < -0.39 is 34.8 Å². The van der Waals surface area contributed by atoms with E-state index in [2.05, 4.69) is 16.8 Å². The molecule has 1 amide bonds. The van der Waals surface area contributed by atoms with Crippen molar-refractivity contribution in [2.75, 3.05) is 72.6 Å². The van der Waals surface area contributed by atoms with Crippen molar-refractivity contribution in [3.05, 3.63) is 28.8 Å². The predicted octanol–water partition coefficient (Wildman–Crippen LogP) is 2.94. The van der Waals surface area contributed by atoms with E-state index in [0.29, 0.717) is 24.6 Å². The van der Waals surface area contributed by atoms with E-state index in [9.17, 15) is 22.0 Å². The van der Waals surface area contributed by atoms with E-state index in [1.54, 1.807) is 24.0 Å². The maximum atomic E-state index is 14.3. The molecule has 0 spiro atoms. The first-order chi connectivity index (χ1) is 18.0. The Morgan fingerprint density at radius 2 is 1.79 bits per heavy atom. The molecule has 3 aliphatic rings. The van der Waals surface area contributed by atoms with Crippen LogP contribution < -0.4 is 0 Å². The largest absolute Gasteiger partial charge is 0.370 e. The number of carbonyl (C=O) groups excluding carboxylic acids is 1. The molecule has 214 valence electrons. The van der Waals surface area contributed by atoms with Gasteiger partial charge in [-0.25, -0.2) is 17.2 Å². The van der Waals surface area contributed by atoms with Gasteiger partial charge >= 0.3 is 0 Å². The molecular weight excluding hydrogens is 538 g/mol. The van der Waals surface area contributed by atoms with E-state index in [1.807, 2.05) is 0 Å². The Kier molecular flexibility index (Phi) is 9.69. The molecule has 1 aromatic carbocycles. The lowest BCUT2D eigenvalue weighted by molar-refractivity contribution is -0.139. The van der Waals surface area contributed by atoms with Crippen molar-refractivity contribution < 1.29 is 26.7 Å². The standard InChI is InChI=1S/C26H39ClF2N4O4S/c1-20-4-3-5-23(27)25(20)38(35,36)33-11-8-26(28,29)16-22(33)18-37-19-24(34)32-14-12-31(13-15-32)17-21-6-9-30(2)10-7-21/h3-5,21-22H,6-19H2,1-2H3/t22-/m0/s1. The molecule has 0 saturated carbocycles. The number of ether oxygens (including phenoxy) is 1. The first kappa shape index (κ1) is 29.6. The molecule has 0 radical (unpaired) electrons. The summed E-state index contributed by atoms with van der Waals surface area (Å²) in [5.41, 5.74) is 0.444. The minimum atomic E-state index is -4.13. The molecule has 1 atom stereocenters. The van der Waals surface area contributed by atoms with Crippen LogP contribution in [-0.2, 0) is 19.6 Å². The number of sulfonamides is 1. The number of benzene rings is 1. The van der Waals surface area contributed by atoms with Gasteiger partial charge in [-0.1, -0.05) is 23.7 Å². The second kappa shape index (κ2) is 12.4. The van der Waals surface area contributed by atoms with Gasteiger partial charge in [0.1, 0.15) is 11.5 Å². The van der Waals surface area contributed by atoms with Crippen molar-refractivity contribution in [3.63, 3.8) is 0 Å². The number of rotatable bonds is 8. The summed E-state index contributed by atoms with van der Waals surface area (Å²) in [4.78, 5) is 19.2. The van der Waals surface area contributed by atoms with Crippen molar-refractivity contribution in [2.45, 2.75) is 49.5 Å². The van der Waals surface area contributed by atoms with Crippen LogP contribution >= 0.6 is 11.6 Å². The molecule has 0 N–H and O–H groups in total. The minimum absolute atomic E-state index is 0.0483. The zero-order chi connectivity index (χ0) is 27.5. The second-order valence-corrected chi connectivity index (χ2v) is 13.1.